The Morgan fingerprint density at radius 1 is 1.36 bits per heavy atom. The molecule has 0 saturated carbocycles. The van der Waals surface area contributed by atoms with Crippen molar-refractivity contribution in [2.45, 2.75) is 25.3 Å². The number of rotatable bonds is 3. The standard InChI is InChI=1S/C15H16N4O3/c20-14(12-13(15(21)22)18-9-17-12)19-7-2-1-5-11(19)10-4-3-6-16-8-10/h3-4,6,8-9,11H,1-2,5,7H2,(H,17,18)(H,21,22)/t11-/m0/s1. The monoisotopic (exact) mass is 300 g/mol. The third-order valence-electron chi connectivity index (χ3n) is 3.89. The molecule has 0 spiro atoms. The molecule has 1 fully saturated rings. The second-order valence-corrected chi connectivity index (χ2v) is 5.23. The third kappa shape index (κ3) is 2.57. The number of likely N-dealkylation sites (tertiary alicyclic amines) is 1. The van der Waals surface area contributed by atoms with Gasteiger partial charge in [0.2, 0.25) is 0 Å². The number of carboxylic acids is 1. The highest BCUT2D eigenvalue weighted by molar-refractivity contribution is 6.02. The summed E-state index contributed by atoms with van der Waals surface area (Å²) in [5, 5.41) is 9.13. The molecule has 3 heterocycles. The highest BCUT2D eigenvalue weighted by Crippen LogP contribution is 2.31. The molecule has 0 aliphatic carbocycles. The number of aromatic carboxylic acids is 1. The Hall–Kier alpha value is -2.70. The number of hydrogen-bond donors (Lipinski definition) is 2. The van der Waals surface area contributed by atoms with Crippen LogP contribution in [0.5, 0.6) is 0 Å². The molecule has 1 aliphatic rings. The number of imidazole rings is 1. The summed E-state index contributed by atoms with van der Waals surface area (Å²) >= 11 is 0. The van der Waals surface area contributed by atoms with E-state index >= 15 is 0 Å². The van der Waals surface area contributed by atoms with Gasteiger partial charge in [-0.25, -0.2) is 9.78 Å². The highest BCUT2D eigenvalue weighted by Gasteiger charge is 2.32. The summed E-state index contributed by atoms with van der Waals surface area (Å²) in [6, 6.07) is 3.68. The van der Waals surface area contributed by atoms with E-state index < -0.39 is 5.97 Å². The number of hydrogen-bond acceptors (Lipinski definition) is 4. The molecule has 7 heteroatoms. The zero-order chi connectivity index (χ0) is 15.5. The Morgan fingerprint density at radius 2 is 2.23 bits per heavy atom. The molecule has 3 rings (SSSR count). The summed E-state index contributed by atoms with van der Waals surface area (Å²) < 4.78 is 0. The maximum absolute atomic E-state index is 12.7. The van der Waals surface area contributed by atoms with Crippen molar-refractivity contribution < 1.29 is 14.7 Å². The summed E-state index contributed by atoms with van der Waals surface area (Å²) in [5.74, 6) is -1.54. The van der Waals surface area contributed by atoms with Crippen LogP contribution in [0.15, 0.2) is 30.9 Å². The van der Waals surface area contributed by atoms with Crippen LogP contribution in [-0.2, 0) is 0 Å². The van der Waals surface area contributed by atoms with Crippen LogP contribution in [0.3, 0.4) is 0 Å². The number of aromatic amines is 1. The SMILES string of the molecule is O=C(O)c1[nH]cnc1C(=O)N1CCCC[C@H]1c1cccnc1. The number of carbonyl (C=O) groups is 2. The van der Waals surface area contributed by atoms with Gasteiger partial charge in [0.25, 0.3) is 5.91 Å². The van der Waals surface area contributed by atoms with E-state index in [-0.39, 0.29) is 23.3 Å². The van der Waals surface area contributed by atoms with Gasteiger partial charge in [0.05, 0.1) is 12.4 Å². The first-order chi connectivity index (χ1) is 10.7. The molecule has 0 bridgehead atoms. The van der Waals surface area contributed by atoms with Crippen molar-refractivity contribution in [3.63, 3.8) is 0 Å². The third-order valence-corrected chi connectivity index (χ3v) is 3.89. The molecule has 2 aromatic rings. The summed E-state index contributed by atoms with van der Waals surface area (Å²) in [7, 11) is 0. The Labute approximate surface area is 127 Å². The average Bonchev–Trinajstić information content (AvgIpc) is 3.05. The Bertz CT molecular complexity index is 683. The van der Waals surface area contributed by atoms with Gasteiger partial charge in [-0.2, -0.15) is 0 Å². The van der Waals surface area contributed by atoms with Crippen molar-refractivity contribution in [2.75, 3.05) is 6.54 Å². The number of nitrogens with zero attached hydrogens (tertiary/aromatic N) is 3. The lowest BCUT2D eigenvalue weighted by Crippen LogP contribution is -2.39. The number of carboxylic acid groups (broad SMARTS) is 1. The van der Waals surface area contributed by atoms with Gasteiger partial charge in [-0.3, -0.25) is 9.78 Å². The van der Waals surface area contributed by atoms with Crippen molar-refractivity contribution in [1.82, 2.24) is 19.9 Å². The lowest BCUT2D eigenvalue weighted by Gasteiger charge is -2.35. The number of H-pyrrole nitrogens is 1. The van der Waals surface area contributed by atoms with Crippen LogP contribution in [0, 0.1) is 0 Å². The lowest BCUT2D eigenvalue weighted by molar-refractivity contribution is 0.0587. The molecule has 1 aliphatic heterocycles. The van der Waals surface area contributed by atoms with Gasteiger partial charge < -0.3 is 15.0 Å². The first-order valence-corrected chi connectivity index (χ1v) is 7.16. The number of nitrogens with one attached hydrogen (secondary N) is 1. The summed E-state index contributed by atoms with van der Waals surface area (Å²) in [6.45, 7) is 0.588. The maximum Gasteiger partial charge on any atom is 0.354 e. The molecule has 0 unspecified atom stereocenters. The van der Waals surface area contributed by atoms with E-state index in [2.05, 4.69) is 15.0 Å². The van der Waals surface area contributed by atoms with E-state index in [1.54, 1.807) is 17.3 Å². The Morgan fingerprint density at radius 3 is 2.95 bits per heavy atom. The molecule has 7 nitrogen and oxygen atoms in total. The zero-order valence-corrected chi connectivity index (χ0v) is 11.9. The van der Waals surface area contributed by atoms with Crippen molar-refractivity contribution in [3.8, 4) is 0 Å². The van der Waals surface area contributed by atoms with Gasteiger partial charge in [-0.15, -0.1) is 0 Å². The van der Waals surface area contributed by atoms with E-state index in [4.69, 9.17) is 5.11 Å². The molecule has 114 valence electrons. The van der Waals surface area contributed by atoms with Gasteiger partial charge in [0.15, 0.2) is 11.4 Å². The largest absolute Gasteiger partial charge is 0.477 e. The number of pyridine rings is 1. The van der Waals surface area contributed by atoms with Gasteiger partial charge in [0.1, 0.15) is 0 Å². The normalized spacial score (nSPS) is 18.2. The van der Waals surface area contributed by atoms with Crippen molar-refractivity contribution in [2.24, 2.45) is 0 Å². The number of carbonyl (C=O) groups excluding carboxylic acids is 1. The molecule has 0 aromatic carbocycles. The highest BCUT2D eigenvalue weighted by atomic mass is 16.4. The van der Waals surface area contributed by atoms with E-state index in [0.29, 0.717) is 6.54 Å². The molecular formula is C15H16N4O3. The number of piperidine rings is 1. The Kier molecular flexibility index (Phi) is 3.86. The van der Waals surface area contributed by atoms with Crippen LogP contribution in [-0.4, -0.2) is 43.4 Å². The van der Waals surface area contributed by atoms with Crippen LogP contribution >= 0.6 is 0 Å². The lowest BCUT2D eigenvalue weighted by atomic mass is 9.96. The molecule has 2 aromatic heterocycles. The maximum atomic E-state index is 12.7. The molecule has 0 radical (unpaired) electrons. The van der Waals surface area contributed by atoms with Crippen LogP contribution in [0.1, 0.15) is 51.8 Å². The molecule has 2 N–H and O–H groups in total. The van der Waals surface area contributed by atoms with Crippen LogP contribution in [0.25, 0.3) is 0 Å². The summed E-state index contributed by atoms with van der Waals surface area (Å²) in [4.78, 5) is 36.1. The van der Waals surface area contributed by atoms with E-state index in [9.17, 15) is 9.59 Å². The van der Waals surface area contributed by atoms with Crippen LogP contribution < -0.4 is 0 Å². The fraction of sp³-hybridized carbons (Fsp3) is 0.333. The van der Waals surface area contributed by atoms with E-state index in [1.165, 1.54) is 6.33 Å². The predicted molar refractivity (Wildman–Crippen MR) is 77.4 cm³/mol. The summed E-state index contributed by atoms with van der Waals surface area (Å²) in [5.41, 5.74) is 0.756. The van der Waals surface area contributed by atoms with Crippen molar-refractivity contribution >= 4 is 11.9 Å². The van der Waals surface area contributed by atoms with Crippen molar-refractivity contribution in [3.05, 3.63) is 47.8 Å². The second kappa shape index (κ2) is 5.97. The minimum absolute atomic E-state index is 0.0386. The van der Waals surface area contributed by atoms with Crippen LogP contribution in [0.2, 0.25) is 0 Å². The zero-order valence-electron chi connectivity index (χ0n) is 11.9. The topological polar surface area (TPSA) is 99.2 Å². The quantitative estimate of drug-likeness (QED) is 0.901. The number of amides is 1. The first-order valence-electron chi connectivity index (χ1n) is 7.16. The van der Waals surface area contributed by atoms with Crippen molar-refractivity contribution in [1.29, 1.82) is 0 Å². The van der Waals surface area contributed by atoms with Crippen LogP contribution in [0.4, 0.5) is 0 Å². The van der Waals surface area contributed by atoms with Gasteiger partial charge in [-0.05, 0) is 30.9 Å². The Balaban J connectivity index is 1.92. The van der Waals surface area contributed by atoms with E-state index in [0.717, 1.165) is 24.8 Å². The fourth-order valence-electron chi connectivity index (χ4n) is 2.85. The fourth-order valence-corrected chi connectivity index (χ4v) is 2.85. The van der Waals surface area contributed by atoms with E-state index in [1.807, 2.05) is 12.1 Å². The minimum Gasteiger partial charge on any atom is -0.477 e. The molecule has 1 amide bonds. The first kappa shape index (κ1) is 14.2. The minimum atomic E-state index is -1.18. The van der Waals surface area contributed by atoms with Gasteiger partial charge in [0, 0.05) is 18.9 Å². The molecule has 22 heavy (non-hydrogen) atoms. The smallest absolute Gasteiger partial charge is 0.354 e. The molecule has 1 saturated heterocycles. The van der Waals surface area contributed by atoms with Gasteiger partial charge in [-0.1, -0.05) is 6.07 Å². The summed E-state index contributed by atoms with van der Waals surface area (Å²) in [6.07, 6.45) is 7.43. The van der Waals surface area contributed by atoms with Gasteiger partial charge >= 0.3 is 5.97 Å². The second-order valence-electron chi connectivity index (χ2n) is 5.23. The number of aromatic nitrogens is 3. The predicted octanol–water partition coefficient (Wildman–Crippen LogP) is 1.87. The molecule has 1 atom stereocenters. The average molecular weight is 300 g/mol. The molecular weight excluding hydrogens is 284 g/mol.